The van der Waals surface area contributed by atoms with Crippen LogP contribution in [0, 0.1) is 12.3 Å². The fraction of sp³-hybridized carbons (Fsp3) is 0.0769. The number of nitrogens with zero attached hydrogens (tertiary/aromatic N) is 3. The standard InChI is InChI=1S/C26H23N5O/c1-18-16-20(22-10-6-7-14-28-22)11-12-24(18)31-15-13-25(32)26(30-31)23(17-19(2)27)29-21-8-4-3-5-9-21/h3-17,27,29H,1-2H3/b23-17-,27-19?. The van der Waals surface area contributed by atoms with E-state index in [4.69, 9.17) is 5.41 Å². The predicted octanol–water partition coefficient (Wildman–Crippen LogP) is 5.10. The summed E-state index contributed by atoms with van der Waals surface area (Å²) in [6.45, 7) is 3.66. The summed E-state index contributed by atoms with van der Waals surface area (Å²) in [5, 5.41) is 15.8. The monoisotopic (exact) mass is 421 g/mol. The highest BCUT2D eigenvalue weighted by Crippen LogP contribution is 2.22. The summed E-state index contributed by atoms with van der Waals surface area (Å²) < 4.78 is 1.69. The highest BCUT2D eigenvalue weighted by Gasteiger charge is 2.12. The summed E-state index contributed by atoms with van der Waals surface area (Å²) in [6.07, 6.45) is 5.04. The third-order valence-electron chi connectivity index (χ3n) is 4.88. The summed E-state index contributed by atoms with van der Waals surface area (Å²) in [4.78, 5) is 17.1. The van der Waals surface area contributed by atoms with Gasteiger partial charge in [-0.3, -0.25) is 9.78 Å². The van der Waals surface area contributed by atoms with E-state index >= 15 is 0 Å². The molecule has 158 valence electrons. The number of aryl methyl sites for hydroxylation is 1. The van der Waals surface area contributed by atoms with Gasteiger partial charge in [0.1, 0.15) is 0 Å². The molecule has 4 rings (SSSR count). The molecule has 0 amide bonds. The van der Waals surface area contributed by atoms with Crippen molar-refractivity contribution in [1.29, 1.82) is 5.41 Å². The maximum absolute atomic E-state index is 12.7. The Bertz CT molecular complexity index is 1340. The lowest BCUT2D eigenvalue weighted by molar-refractivity contribution is 0.819. The molecule has 2 aromatic heterocycles. The number of hydrogen-bond acceptors (Lipinski definition) is 5. The van der Waals surface area contributed by atoms with Crippen LogP contribution < -0.4 is 10.7 Å². The molecule has 0 aliphatic carbocycles. The molecular weight excluding hydrogens is 398 g/mol. The van der Waals surface area contributed by atoms with Gasteiger partial charge in [-0.05, 0) is 61.9 Å². The average molecular weight is 422 g/mol. The van der Waals surface area contributed by atoms with Crippen molar-refractivity contribution in [1.82, 2.24) is 14.8 Å². The lowest BCUT2D eigenvalue weighted by Gasteiger charge is -2.14. The summed E-state index contributed by atoms with van der Waals surface area (Å²) in [6, 6.07) is 22.8. The lowest BCUT2D eigenvalue weighted by atomic mass is 10.1. The number of anilines is 1. The molecular formula is C26H23N5O. The molecule has 0 aliphatic rings. The molecule has 2 aromatic carbocycles. The molecule has 6 heteroatoms. The topological polar surface area (TPSA) is 83.7 Å². The Morgan fingerprint density at radius 2 is 1.81 bits per heavy atom. The summed E-state index contributed by atoms with van der Waals surface area (Å²) in [5.74, 6) is 0. The van der Waals surface area contributed by atoms with E-state index in [9.17, 15) is 4.79 Å². The number of benzene rings is 2. The second-order valence-corrected chi connectivity index (χ2v) is 7.42. The van der Waals surface area contributed by atoms with E-state index in [0.717, 1.165) is 28.2 Å². The Kier molecular flexibility index (Phi) is 6.03. The summed E-state index contributed by atoms with van der Waals surface area (Å²) in [7, 11) is 0. The highest BCUT2D eigenvalue weighted by atomic mass is 16.1. The van der Waals surface area contributed by atoms with Crippen molar-refractivity contribution in [3.63, 3.8) is 0 Å². The van der Waals surface area contributed by atoms with Crippen molar-refractivity contribution in [2.45, 2.75) is 13.8 Å². The van der Waals surface area contributed by atoms with Gasteiger partial charge < -0.3 is 10.7 Å². The maximum Gasteiger partial charge on any atom is 0.209 e. The van der Waals surface area contributed by atoms with Crippen LogP contribution in [0.2, 0.25) is 0 Å². The normalized spacial score (nSPS) is 11.2. The van der Waals surface area contributed by atoms with Crippen LogP contribution in [0.25, 0.3) is 22.6 Å². The minimum absolute atomic E-state index is 0.222. The van der Waals surface area contributed by atoms with E-state index in [1.165, 1.54) is 6.07 Å². The minimum Gasteiger partial charge on any atom is -0.354 e. The van der Waals surface area contributed by atoms with E-state index in [-0.39, 0.29) is 11.1 Å². The average Bonchev–Trinajstić information content (AvgIpc) is 2.80. The van der Waals surface area contributed by atoms with E-state index < -0.39 is 0 Å². The molecule has 2 heterocycles. The van der Waals surface area contributed by atoms with Gasteiger partial charge in [-0.15, -0.1) is 0 Å². The van der Waals surface area contributed by atoms with E-state index in [1.807, 2.05) is 67.6 Å². The molecule has 0 fully saturated rings. The van der Waals surface area contributed by atoms with Gasteiger partial charge in [-0.2, -0.15) is 5.10 Å². The Labute approximate surface area is 186 Å². The van der Waals surface area contributed by atoms with Crippen LogP contribution in [0.3, 0.4) is 0 Å². The van der Waals surface area contributed by atoms with Gasteiger partial charge in [-0.1, -0.05) is 30.3 Å². The number of rotatable bonds is 6. The number of pyridine rings is 1. The Morgan fingerprint density at radius 3 is 2.50 bits per heavy atom. The molecule has 0 radical (unpaired) electrons. The first-order valence-electron chi connectivity index (χ1n) is 10.2. The van der Waals surface area contributed by atoms with Crippen LogP contribution >= 0.6 is 0 Å². The number of nitrogens with one attached hydrogen (secondary N) is 2. The fourth-order valence-corrected chi connectivity index (χ4v) is 3.39. The quantitative estimate of drug-likeness (QED) is 0.425. The van der Waals surface area contributed by atoms with Crippen molar-refractivity contribution >= 4 is 17.1 Å². The van der Waals surface area contributed by atoms with Crippen LogP contribution in [0.5, 0.6) is 0 Å². The molecule has 4 aromatic rings. The molecule has 2 N–H and O–H groups in total. The highest BCUT2D eigenvalue weighted by molar-refractivity contribution is 5.98. The molecule has 0 unspecified atom stereocenters. The smallest absolute Gasteiger partial charge is 0.209 e. The van der Waals surface area contributed by atoms with E-state index in [2.05, 4.69) is 21.5 Å². The first kappa shape index (κ1) is 20.9. The zero-order valence-corrected chi connectivity index (χ0v) is 17.9. The van der Waals surface area contributed by atoms with E-state index in [0.29, 0.717) is 11.4 Å². The second kappa shape index (κ2) is 9.22. The Hall–Kier alpha value is -4.32. The Morgan fingerprint density at radius 1 is 1.03 bits per heavy atom. The van der Waals surface area contributed by atoms with Crippen LogP contribution in [0.15, 0.2) is 96.1 Å². The number of allylic oxidation sites excluding steroid dienone is 1. The van der Waals surface area contributed by atoms with Crippen LogP contribution in [-0.2, 0) is 0 Å². The van der Waals surface area contributed by atoms with Crippen molar-refractivity contribution in [2.24, 2.45) is 0 Å². The summed E-state index contributed by atoms with van der Waals surface area (Å²) >= 11 is 0. The van der Waals surface area contributed by atoms with Crippen LogP contribution in [0.4, 0.5) is 5.69 Å². The SMILES string of the molecule is CC(=N)/C=C(\Nc1ccccc1)c1nn(-c2ccc(-c3ccccn3)cc2C)ccc1=O. The summed E-state index contributed by atoms with van der Waals surface area (Å²) in [5.41, 5.74) is 5.40. The zero-order chi connectivity index (χ0) is 22.5. The van der Waals surface area contributed by atoms with Crippen LogP contribution in [0.1, 0.15) is 18.2 Å². The van der Waals surface area contributed by atoms with Gasteiger partial charge in [0.05, 0.1) is 17.1 Å². The van der Waals surface area contributed by atoms with Crippen molar-refractivity contribution < 1.29 is 0 Å². The third kappa shape index (κ3) is 4.70. The van der Waals surface area contributed by atoms with Gasteiger partial charge in [0.15, 0.2) is 5.69 Å². The first-order chi connectivity index (χ1) is 15.5. The largest absolute Gasteiger partial charge is 0.354 e. The van der Waals surface area contributed by atoms with Gasteiger partial charge in [-0.25, -0.2) is 4.68 Å². The van der Waals surface area contributed by atoms with Crippen LogP contribution in [-0.4, -0.2) is 20.5 Å². The Balaban J connectivity index is 1.75. The lowest BCUT2D eigenvalue weighted by Crippen LogP contribution is -2.19. The zero-order valence-electron chi connectivity index (χ0n) is 17.9. The predicted molar refractivity (Wildman–Crippen MR) is 129 cm³/mol. The van der Waals surface area contributed by atoms with E-state index in [1.54, 1.807) is 30.1 Å². The molecule has 0 saturated heterocycles. The molecule has 0 atom stereocenters. The van der Waals surface area contributed by atoms with Crippen molar-refractivity contribution in [3.05, 3.63) is 113 Å². The first-order valence-corrected chi connectivity index (χ1v) is 10.2. The van der Waals surface area contributed by atoms with Gasteiger partial charge >= 0.3 is 0 Å². The number of hydrogen-bond donors (Lipinski definition) is 2. The molecule has 0 spiro atoms. The van der Waals surface area contributed by atoms with Crippen molar-refractivity contribution in [2.75, 3.05) is 5.32 Å². The molecule has 6 nitrogen and oxygen atoms in total. The number of aromatic nitrogens is 3. The number of para-hydroxylation sites is 1. The van der Waals surface area contributed by atoms with Crippen molar-refractivity contribution in [3.8, 4) is 16.9 Å². The van der Waals surface area contributed by atoms with Gasteiger partial charge in [0.2, 0.25) is 5.43 Å². The molecule has 0 aliphatic heterocycles. The molecule has 0 saturated carbocycles. The molecule has 32 heavy (non-hydrogen) atoms. The second-order valence-electron chi connectivity index (χ2n) is 7.42. The third-order valence-corrected chi connectivity index (χ3v) is 4.88. The van der Waals surface area contributed by atoms with Gasteiger partial charge in [0.25, 0.3) is 0 Å². The maximum atomic E-state index is 12.7. The minimum atomic E-state index is -0.222. The molecule has 0 bridgehead atoms. The fourth-order valence-electron chi connectivity index (χ4n) is 3.39. The van der Waals surface area contributed by atoms with Gasteiger partial charge in [0, 0.05) is 35.4 Å².